The van der Waals surface area contributed by atoms with E-state index in [0.717, 1.165) is 29.7 Å². The summed E-state index contributed by atoms with van der Waals surface area (Å²) in [6, 6.07) is 17.2. The number of benzene rings is 2. The van der Waals surface area contributed by atoms with E-state index < -0.39 is 0 Å². The molecule has 0 amide bonds. The van der Waals surface area contributed by atoms with Crippen molar-refractivity contribution in [1.29, 1.82) is 0 Å². The molecule has 1 aliphatic heterocycles. The van der Waals surface area contributed by atoms with Gasteiger partial charge in [-0.3, -0.25) is 9.80 Å². The van der Waals surface area contributed by atoms with E-state index in [4.69, 9.17) is 0 Å². The molecule has 4 heteroatoms. The zero-order chi connectivity index (χ0) is 18.7. The Bertz CT molecular complexity index is 746. The summed E-state index contributed by atoms with van der Waals surface area (Å²) in [5.74, 6) is 0.315. The van der Waals surface area contributed by atoms with Crippen LogP contribution in [-0.2, 0) is 0 Å². The fourth-order valence-electron chi connectivity index (χ4n) is 3.92. The number of aromatic hydroxyl groups is 1. The summed E-state index contributed by atoms with van der Waals surface area (Å²) in [4.78, 5) is 5.04. The largest absolute Gasteiger partial charge is 0.508 e. The van der Waals surface area contributed by atoms with E-state index in [-0.39, 0.29) is 6.04 Å². The molecule has 0 aliphatic carbocycles. The van der Waals surface area contributed by atoms with E-state index in [0.29, 0.717) is 17.8 Å². The Labute approximate surface area is 165 Å². The van der Waals surface area contributed by atoms with E-state index in [1.54, 1.807) is 6.07 Å². The lowest BCUT2D eigenvalue weighted by atomic mass is 9.93. The van der Waals surface area contributed by atoms with Gasteiger partial charge in [-0.15, -0.1) is 6.58 Å². The molecular weight excluding hydrogens is 388 g/mol. The summed E-state index contributed by atoms with van der Waals surface area (Å²) in [7, 11) is 0. The maximum Gasteiger partial charge on any atom is 0.115 e. The molecule has 3 nitrogen and oxygen atoms in total. The fraction of sp³-hybridized carbons (Fsp3) is 0.364. The quantitative estimate of drug-likeness (QED) is 0.709. The second-order valence-electron chi connectivity index (χ2n) is 7.19. The normalized spacial score (nSPS) is 22.9. The van der Waals surface area contributed by atoms with Gasteiger partial charge in [0.25, 0.3) is 0 Å². The van der Waals surface area contributed by atoms with Crippen molar-refractivity contribution in [2.24, 2.45) is 0 Å². The van der Waals surface area contributed by atoms with Crippen molar-refractivity contribution < 1.29 is 5.11 Å². The molecule has 1 N–H and O–H groups in total. The number of hydrogen-bond acceptors (Lipinski definition) is 3. The van der Waals surface area contributed by atoms with Gasteiger partial charge in [0, 0.05) is 36.2 Å². The van der Waals surface area contributed by atoms with Crippen LogP contribution in [0.15, 0.2) is 65.7 Å². The molecule has 138 valence electrons. The predicted octanol–water partition coefficient (Wildman–Crippen LogP) is 4.82. The van der Waals surface area contributed by atoms with Gasteiger partial charge in [-0.25, -0.2) is 0 Å². The minimum absolute atomic E-state index is 0.124. The molecular formula is C22H27BrN2O. The molecule has 1 fully saturated rings. The zero-order valence-corrected chi connectivity index (χ0v) is 17.1. The lowest BCUT2D eigenvalue weighted by Crippen LogP contribution is -2.57. The molecule has 3 atom stereocenters. The van der Waals surface area contributed by atoms with Gasteiger partial charge in [0.15, 0.2) is 0 Å². The molecule has 0 spiro atoms. The molecule has 26 heavy (non-hydrogen) atoms. The van der Waals surface area contributed by atoms with Gasteiger partial charge < -0.3 is 5.11 Å². The van der Waals surface area contributed by atoms with E-state index >= 15 is 0 Å². The van der Waals surface area contributed by atoms with Crippen LogP contribution in [0.2, 0.25) is 0 Å². The topological polar surface area (TPSA) is 26.7 Å². The van der Waals surface area contributed by atoms with Gasteiger partial charge in [0.1, 0.15) is 5.75 Å². The van der Waals surface area contributed by atoms with Crippen LogP contribution in [0.5, 0.6) is 5.75 Å². The van der Waals surface area contributed by atoms with E-state index in [2.05, 4.69) is 76.5 Å². The summed E-state index contributed by atoms with van der Waals surface area (Å²) in [5, 5.41) is 10.0. The van der Waals surface area contributed by atoms with Crippen LogP contribution in [0.3, 0.4) is 0 Å². The Morgan fingerprint density at radius 3 is 2.50 bits per heavy atom. The number of nitrogens with zero attached hydrogens (tertiary/aromatic N) is 2. The maximum absolute atomic E-state index is 10.0. The van der Waals surface area contributed by atoms with Crippen LogP contribution in [-0.4, -0.2) is 46.6 Å². The number of rotatable bonds is 5. The van der Waals surface area contributed by atoms with Crippen LogP contribution in [0.25, 0.3) is 0 Å². The first-order chi connectivity index (χ1) is 12.5. The molecule has 0 unspecified atom stereocenters. The number of phenolic OH excluding ortho intramolecular Hbond substituents is 1. The number of halogens is 1. The monoisotopic (exact) mass is 414 g/mol. The Morgan fingerprint density at radius 2 is 1.85 bits per heavy atom. The fourth-order valence-corrected chi connectivity index (χ4v) is 4.18. The Balaban J connectivity index is 1.98. The molecule has 1 aliphatic rings. The molecule has 1 saturated heterocycles. The second kappa shape index (κ2) is 8.38. The van der Waals surface area contributed by atoms with Crippen molar-refractivity contribution in [3.8, 4) is 5.75 Å². The van der Waals surface area contributed by atoms with Crippen LogP contribution in [0, 0.1) is 0 Å². The molecule has 1 heterocycles. The molecule has 0 bridgehead atoms. The Hall–Kier alpha value is -1.62. The third-order valence-electron chi connectivity index (χ3n) is 5.23. The third kappa shape index (κ3) is 4.20. The van der Waals surface area contributed by atoms with Gasteiger partial charge >= 0.3 is 0 Å². The SMILES string of the molecule is C=CCN1C[C@@H](C)N([C@H](c2ccc(Br)cc2)c2cccc(O)c2)C[C@@H]1C. The van der Waals surface area contributed by atoms with E-state index in [9.17, 15) is 5.11 Å². The summed E-state index contributed by atoms with van der Waals surface area (Å²) in [6.45, 7) is 11.4. The standard InChI is InChI=1S/C22H27BrN2O/c1-4-12-24-14-17(3)25(15-16(24)2)22(18-8-10-20(23)11-9-18)19-6-5-7-21(26)13-19/h4-11,13,16-17,22,26H,1,12,14-15H2,2-3H3/t16-,17+,22+/m0/s1. The molecule has 3 rings (SSSR count). The molecule has 0 aromatic heterocycles. The lowest BCUT2D eigenvalue weighted by Gasteiger charge is -2.47. The van der Waals surface area contributed by atoms with E-state index in [1.807, 2.05) is 18.2 Å². The first-order valence-corrected chi connectivity index (χ1v) is 9.94. The van der Waals surface area contributed by atoms with Gasteiger partial charge in [0.2, 0.25) is 0 Å². The molecule has 2 aromatic carbocycles. The van der Waals surface area contributed by atoms with Crippen molar-refractivity contribution in [2.45, 2.75) is 32.0 Å². The van der Waals surface area contributed by atoms with Crippen LogP contribution >= 0.6 is 15.9 Å². The molecule has 0 saturated carbocycles. The Morgan fingerprint density at radius 1 is 1.12 bits per heavy atom. The van der Waals surface area contributed by atoms with Crippen LogP contribution < -0.4 is 0 Å². The smallest absolute Gasteiger partial charge is 0.115 e. The lowest BCUT2D eigenvalue weighted by molar-refractivity contribution is 0.0306. The van der Waals surface area contributed by atoms with Crippen molar-refractivity contribution in [3.63, 3.8) is 0 Å². The number of phenols is 1. The average Bonchev–Trinajstić information content (AvgIpc) is 2.61. The zero-order valence-electron chi connectivity index (χ0n) is 15.5. The second-order valence-corrected chi connectivity index (χ2v) is 8.10. The minimum atomic E-state index is 0.124. The maximum atomic E-state index is 10.0. The van der Waals surface area contributed by atoms with Gasteiger partial charge in [-0.1, -0.05) is 46.3 Å². The highest BCUT2D eigenvalue weighted by Gasteiger charge is 2.34. The van der Waals surface area contributed by atoms with Crippen molar-refractivity contribution in [1.82, 2.24) is 9.80 Å². The highest BCUT2D eigenvalue weighted by molar-refractivity contribution is 9.10. The highest BCUT2D eigenvalue weighted by atomic mass is 79.9. The third-order valence-corrected chi connectivity index (χ3v) is 5.76. The first kappa shape index (κ1) is 19.2. The first-order valence-electron chi connectivity index (χ1n) is 9.14. The van der Waals surface area contributed by atoms with Crippen molar-refractivity contribution >= 4 is 15.9 Å². The Kier molecular flexibility index (Phi) is 6.17. The summed E-state index contributed by atoms with van der Waals surface area (Å²) < 4.78 is 1.08. The summed E-state index contributed by atoms with van der Waals surface area (Å²) in [6.07, 6.45) is 1.99. The van der Waals surface area contributed by atoms with Crippen LogP contribution in [0.4, 0.5) is 0 Å². The molecule has 2 aromatic rings. The number of hydrogen-bond donors (Lipinski definition) is 1. The highest BCUT2D eigenvalue weighted by Crippen LogP contribution is 2.34. The van der Waals surface area contributed by atoms with Gasteiger partial charge in [0.05, 0.1) is 6.04 Å². The summed E-state index contributed by atoms with van der Waals surface area (Å²) in [5.41, 5.74) is 2.37. The average molecular weight is 415 g/mol. The molecule has 0 radical (unpaired) electrons. The minimum Gasteiger partial charge on any atom is -0.508 e. The van der Waals surface area contributed by atoms with Crippen molar-refractivity contribution in [3.05, 3.63) is 76.8 Å². The number of piperazine rings is 1. The summed E-state index contributed by atoms with van der Waals surface area (Å²) >= 11 is 3.54. The van der Waals surface area contributed by atoms with Gasteiger partial charge in [-0.2, -0.15) is 0 Å². The predicted molar refractivity (Wildman–Crippen MR) is 111 cm³/mol. The van der Waals surface area contributed by atoms with E-state index in [1.165, 1.54) is 5.56 Å². The van der Waals surface area contributed by atoms with Crippen LogP contribution in [0.1, 0.15) is 31.0 Å². The van der Waals surface area contributed by atoms with Gasteiger partial charge in [-0.05, 0) is 49.2 Å². The van der Waals surface area contributed by atoms with Crippen molar-refractivity contribution in [2.75, 3.05) is 19.6 Å².